The van der Waals surface area contributed by atoms with E-state index in [-0.39, 0.29) is 11.7 Å². The van der Waals surface area contributed by atoms with Gasteiger partial charge < -0.3 is 10.1 Å². The van der Waals surface area contributed by atoms with Gasteiger partial charge in [0.1, 0.15) is 11.6 Å². The lowest BCUT2D eigenvalue weighted by Gasteiger charge is -2.09. The van der Waals surface area contributed by atoms with E-state index in [4.69, 9.17) is 4.74 Å². The van der Waals surface area contributed by atoms with Crippen LogP contribution in [0.5, 0.6) is 5.75 Å². The number of methoxy groups -OCH3 is 1. The minimum Gasteiger partial charge on any atom is -0.497 e. The average Bonchev–Trinajstić information content (AvgIpc) is 2.62. The fourth-order valence-corrected chi connectivity index (χ4v) is 2.30. The Morgan fingerprint density at radius 3 is 2.36 bits per heavy atom. The molecule has 1 amide bonds. The van der Waals surface area contributed by atoms with Gasteiger partial charge in [-0.05, 0) is 55.5 Å². The summed E-state index contributed by atoms with van der Waals surface area (Å²) in [6.07, 6.45) is 1.47. The third-order valence-corrected chi connectivity index (χ3v) is 3.67. The summed E-state index contributed by atoms with van der Waals surface area (Å²) in [5, 5.41) is 2.79. The molecule has 0 atom stereocenters. The molecular weight excluding hydrogens is 321 g/mol. The molecule has 0 spiro atoms. The van der Waals surface area contributed by atoms with Crippen molar-refractivity contribution in [2.75, 3.05) is 12.4 Å². The number of hydrogen-bond acceptors (Lipinski definition) is 4. The second-order valence-electron chi connectivity index (χ2n) is 5.38. The molecule has 0 aliphatic rings. The third kappa shape index (κ3) is 3.80. The molecule has 0 aliphatic carbocycles. The van der Waals surface area contributed by atoms with Gasteiger partial charge in [0.2, 0.25) is 0 Å². The maximum atomic E-state index is 13.0. The number of anilines is 1. The Morgan fingerprint density at radius 2 is 1.76 bits per heavy atom. The molecule has 126 valence electrons. The zero-order valence-corrected chi connectivity index (χ0v) is 13.8. The lowest BCUT2D eigenvalue weighted by molar-refractivity contribution is 0.102. The van der Waals surface area contributed by atoms with Crippen molar-refractivity contribution >= 4 is 11.6 Å². The van der Waals surface area contributed by atoms with Crippen LogP contribution >= 0.6 is 0 Å². The van der Waals surface area contributed by atoms with Gasteiger partial charge in [0.15, 0.2) is 5.82 Å². The van der Waals surface area contributed by atoms with Crippen molar-refractivity contribution in [3.8, 4) is 17.1 Å². The van der Waals surface area contributed by atoms with Crippen molar-refractivity contribution in [2.24, 2.45) is 0 Å². The quantitative estimate of drug-likeness (QED) is 0.785. The number of amides is 1. The van der Waals surface area contributed by atoms with Gasteiger partial charge in [-0.25, -0.2) is 14.4 Å². The standard InChI is InChI=1S/C19H16FN3O2/c1-12-17(19(24)23-15-7-9-16(25-2)10-8-15)11-21-18(22-12)13-3-5-14(20)6-4-13/h3-11H,1-2H3,(H,23,24). The van der Waals surface area contributed by atoms with E-state index in [1.54, 1.807) is 50.4 Å². The van der Waals surface area contributed by atoms with Crippen molar-refractivity contribution in [3.05, 3.63) is 71.8 Å². The van der Waals surface area contributed by atoms with Crippen molar-refractivity contribution in [2.45, 2.75) is 6.92 Å². The number of hydrogen-bond donors (Lipinski definition) is 1. The first-order valence-electron chi connectivity index (χ1n) is 7.62. The molecule has 0 fully saturated rings. The number of benzene rings is 2. The number of carbonyl (C=O) groups excluding carboxylic acids is 1. The predicted molar refractivity (Wildman–Crippen MR) is 93.1 cm³/mol. The van der Waals surface area contributed by atoms with Crippen LogP contribution in [-0.2, 0) is 0 Å². The maximum absolute atomic E-state index is 13.0. The molecule has 0 saturated carbocycles. The number of aromatic nitrogens is 2. The van der Waals surface area contributed by atoms with Crippen LogP contribution in [0.3, 0.4) is 0 Å². The van der Waals surface area contributed by atoms with Crippen LogP contribution in [0.2, 0.25) is 0 Å². The molecule has 0 bridgehead atoms. The van der Waals surface area contributed by atoms with Gasteiger partial charge in [0, 0.05) is 17.4 Å². The topological polar surface area (TPSA) is 64.1 Å². The lowest BCUT2D eigenvalue weighted by atomic mass is 10.1. The van der Waals surface area contributed by atoms with Gasteiger partial charge in [-0.2, -0.15) is 0 Å². The van der Waals surface area contributed by atoms with Crippen molar-refractivity contribution in [3.63, 3.8) is 0 Å². The molecule has 1 heterocycles. The number of rotatable bonds is 4. The second-order valence-corrected chi connectivity index (χ2v) is 5.38. The summed E-state index contributed by atoms with van der Waals surface area (Å²) in [4.78, 5) is 21.0. The van der Waals surface area contributed by atoms with E-state index >= 15 is 0 Å². The molecule has 0 unspecified atom stereocenters. The van der Waals surface area contributed by atoms with Crippen LogP contribution < -0.4 is 10.1 Å². The average molecular weight is 337 g/mol. The number of carbonyl (C=O) groups is 1. The van der Waals surface area contributed by atoms with Crippen LogP contribution in [0, 0.1) is 12.7 Å². The summed E-state index contributed by atoms with van der Waals surface area (Å²) in [6, 6.07) is 12.9. The summed E-state index contributed by atoms with van der Waals surface area (Å²) in [7, 11) is 1.58. The molecule has 3 aromatic rings. The second kappa shape index (κ2) is 7.09. The van der Waals surface area contributed by atoms with Gasteiger partial charge in [0.05, 0.1) is 18.4 Å². The van der Waals surface area contributed by atoms with E-state index < -0.39 is 0 Å². The monoisotopic (exact) mass is 337 g/mol. The minimum absolute atomic E-state index is 0.298. The summed E-state index contributed by atoms with van der Waals surface area (Å²) < 4.78 is 18.1. The maximum Gasteiger partial charge on any atom is 0.259 e. The Labute approximate surface area is 144 Å². The zero-order chi connectivity index (χ0) is 17.8. The van der Waals surface area contributed by atoms with E-state index in [1.807, 2.05) is 0 Å². The van der Waals surface area contributed by atoms with Crippen LogP contribution in [0.1, 0.15) is 16.1 Å². The van der Waals surface area contributed by atoms with E-state index in [9.17, 15) is 9.18 Å². The van der Waals surface area contributed by atoms with Crippen molar-refractivity contribution in [1.82, 2.24) is 9.97 Å². The third-order valence-electron chi connectivity index (χ3n) is 3.67. The molecular formula is C19H16FN3O2. The molecule has 1 aromatic heterocycles. The molecule has 3 rings (SSSR count). The molecule has 0 aliphatic heterocycles. The summed E-state index contributed by atoms with van der Waals surface area (Å²) in [5.41, 5.74) is 2.25. The molecule has 25 heavy (non-hydrogen) atoms. The number of halogens is 1. The predicted octanol–water partition coefficient (Wildman–Crippen LogP) is 3.85. The SMILES string of the molecule is COc1ccc(NC(=O)c2cnc(-c3ccc(F)cc3)nc2C)cc1. The molecule has 1 N–H and O–H groups in total. The lowest BCUT2D eigenvalue weighted by Crippen LogP contribution is -2.15. The summed E-state index contributed by atoms with van der Waals surface area (Å²) >= 11 is 0. The first-order chi connectivity index (χ1) is 12.1. The fraction of sp³-hybridized carbons (Fsp3) is 0.105. The summed E-state index contributed by atoms with van der Waals surface area (Å²) in [5.74, 6) is 0.531. The highest BCUT2D eigenvalue weighted by Gasteiger charge is 2.13. The van der Waals surface area contributed by atoms with Gasteiger partial charge >= 0.3 is 0 Å². The normalized spacial score (nSPS) is 10.4. The molecule has 0 saturated heterocycles. The van der Waals surface area contributed by atoms with Gasteiger partial charge in [-0.3, -0.25) is 4.79 Å². The van der Waals surface area contributed by atoms with E-state index in [1.165, 1.54) is 18.3 Å². The number of nitrogens with zero attached hydrogens (tertiary/aromatic N) is 2. The van der Waals surface area contributed by atoms with Crippen molar-refractivity contribution < 1.29 is 13.9 Å². The number of ether oxygens (including phenoxy) is 1. The Balaban J connectivity index is 1.79. The summed E-state index contributed by atoms with van der Waals surface area (Å²) in [6.45, 7) is 1.73. The highest BCUT2D eigenvalue weighted by atomic mass is 19.1. The van der Waals surface area contributed by atoms with E-state index in [2.05, 4.69) is 15.3 Å². The fourth-order valence-electron chi connectivity index (χ4n) is 2.30. The smallest absolute Gasteiger partial charge is 0.259 e. The van der Waals surface area contributed by atoms with Gasteiger partial charge in [-0.15, -0.1) is 0 Å². The molecule has 6 heteroatoms. The van der Waals surface area contributed by atoms with Gasteiger partial charge in [0.25, 0.3) is 5.91 Å². The largest absolute Gasteiger partial charge is 0.497 e. The van der Waals surface area contributed by atoms with Crippen molar-refractivity contribution in [1.29, 1.82) is 0 Å². The van der Waals surface area contributed by atoms with Crippen LogP contribution in [0.15, 0.2) is 54.7 Å². The van der Waals surface area contributed by atoms with E-state index in [0.29, 0.717) is 34.1 Å². The highest BCUT2D eigenvalue weighted by Crippen LogP contribution is 2.19. The van der Waals surface area contributed by atoms with E-state index in [0.717, 1.165) is 0 Å². The number of aryl methyl sites for hydroxylation is 1. The number of nitrogens with one attached hydrogen (secondary N) is 1. The zero-order valence-electron chi connectivity index (χ0n) is 13.8. The first kappa shape index (κ1) is 16.6. The molecule has 2 aromatic carbocycles. The van der Waals surface area contributed by atoms with Crippen LogP contribution in [0.25, 0.3) is 11.4 Å². The Morgan fingerprint density at radius 1 is 1.08 bits per heavy atom. The Hall–Kier alpha value is -3.28. The molecule has 0 radical (unpaired) electrons. The Kier molecular flexibility index (Phi) is 4.70. The first-order valence-corrected chi connectivity index (χ1v) is 7.62. The minimum atomic E-state index is -0.323. The Bertz CT molecular complexity index is 894. The highest BCUT2D eigenvalue weighted by molar-refractivity contribution is 6.04. The van der Waals surface area contributed by atoms with Crippen LogP contribution in [0.4, 0.5) is 10.1 Å². The molecule has 5 nitrogen and oxygen atoms in total. The van der Waals surface area contributed by atoms with Crippen LogP contribution in [-0.4, -0.2) is 23.0 Å². The van der Waals surface area contributed by atoms with Gasteiger partial charge in [-0.1, -0.05) is 0 Å².